The fraction of sp³-hybridized carbons (Fsp3) is 0. The quantitative estimate of drug-likeness (QED) is 0.236. The standard InChI is InChI=1S/2In.2Mg.5Se/q2*+3;2*+2;5*-2. The van der Waals surface area contributed by atoms with Crippen LogP contribution >= 0.6 is 0 Å². The van der Waals surface area contributed by atoms with Gasteiger partial charge in [-0.05, 0) is 0 Å². The van der Waals surface area contributed by atoms with Crippen LogP contribution in [0, 0.1) is 0 Å². The SMILES string of the molecule is [In+3].[In+3].[Mg+2].[Mg+2].[Se-2].[Se-2].[Se-2].[Se-2].[Se-2]. The molecule has 0 aliphatic heterocycles. The molecule has 9 heteroatoms. The Kier molecular flexibility index (Phi) is 615. The van der Waals surface area contributed by atoms with Gasteiger partial charge in [-0.25, -0.2) is 0 Å². The van der Waals surface area contributed by atoms with Crippen LogP contribution in [0.1, 0.15) is 0 Å². The first-order valence-electron chi connectivity index (χ1n) is 0. The molecule has 0 nitrogen and oxygen atoms in total. The first-order valence-corrected chi connectivity index (χ1v) is 0. The Labute approximate surface area is 179 Å². The molecule has 0 aliphatic carbocycles. The van der Waals surface area contributed by atoms with E-state index in [2.05, 4.69) is 0 Å². The Morgan fingerprint density at radius 1 is 0.333 bits per heavy atom. The minimum absolute atomic E-state index is 0. The second-order valence-electron chi connectivity index (χ2n) is 0. The molecule has 40 valence electrons. The normalized spacial score (nSPS) is 0. The zero-order valence-corrected chi connectivity index (χ0v) is 22.6. The summed E-state index contributed by atoms with van der Waals surface area (Å²) in [6.45, 7) is 0. The van der Waals surface area contributed by atoms with Crippen LogP contribution in [0.5, 0.6) is 0 Å². The maximum Gasteiger partial charge on any atom is 3.00 e. The van der Waals surface area contributed by atoms with Crippen molar-refractivity contribution >= 4 is 183 Å². The molecule has 0 aromatic carbocycles. The number of hydrogen-bond acceptors (Lipinski definition) is 0. The molecule has 0 unspecified atom stereocenters. The predicted octanol–water partition coefficient (Wildman–Crippen LogP) is -3.43. The third kappa shape index (κ3) is 56.7. The summed E-state index contributed by atoms with van der Waals surface area (Å²) in [5, 5.41) is 0. The fourth-order valence-electron chi connectivity index (χ4n) is 0. The van der Waals surface area contributed by atoms with E-state index in [0.29, 0.717) is 0 Å². The van der Waals surface area contributed by atoms with E-state index in [1.54, 1.807) is 0 Å². The molecule has 0 aromatic rings. The van der Waals surface area contributed by atoms with Crippen molar-refractivity contribution in [2.24, 2.45) is 0 Å². The second-order valence-corrected chi connectivity index (χ2v) is 0. The fourth-order valence-corrected chi connectivity index (χ4v) is 0. The van der Waals surface area contributed by atoms with Crippen LogP contribution in [-0.2, 0) is 0 Å². The van der Waals surface area contributed by atoms with Crippen molar-refractivity contribution in [1.29, 1.82) is 0 Å². The Morgan fingerprint density at radius 3 is 0.333 bits per heavy atom. The Hall–Kier alpha value is 5.87. The number of hydrogen-bond donors (Lipinski definition) is 0. The summed E-state index contributed by atoms with van der Waals surface area (Å²) in [5.41, 5.74) is 0. The van der Waals surface area contributed by atoms with Gasteiger partial charge in [-0.15, -0.1) is 0 Å². The van der Waals surface area contributed by atoms with Crippen LogP contribution in [0.2, 0.25) is 0 Å². The Bertz CT molecular complexity index is 12.9. The van der Waals surface area contributed by atoms with Crippen molar-refractivity contribution in [3.63, 3.8) is 0 Å². The number of rotatable bonds is 0. The van der Waals surface area contributed by atoms with Crippen molar-refractivity contribution in [3.05, 3.63) is 0 Å². The molecule has 0 bridgehead atoms. The van der Waals surface area contributed by atoms with E-state index in [-0.39, 0.29) is 183 Å². The summed E-state index contributed by atoms with van der Waals surface area (Å²) in [7, 11) is 0. The van der Waals surface area contributed by atoms with E-state index in [1.807, 2.05) is 0 Å². The smallest absolute Gasteiger partial charge is 2.00 e. The minimum Gasteiger partial charge on any atom is -2.00 e. The van der Waals surface area contributed by atoms with Crippen molar-refractivity contribution in [1.82, 2.24) is 0 Å². The summed E-state index contributed by atoms with van der Waals surface area (Å²) in [6, 6.07) is 0. The molecular formula is In2Mg2Se5. The molecule has 0 rings (SSSR count). The average molecular weight is 673 g/mol. The van der Waals surface area contributed by atoms with Gasteiger partial charge in [-0.2, -0.15) is 0 Å². The van der Waals surface area contributed by atoms with Gasteiger partial charge in [0, 0.05) is 0 Å². The third-order valence-corrected chi connectivity index (χ3v) is 0. The van der Waals surface area contributed by atoms with E-state index < -0.39 is 0 Å². The summed E-state index contributed by atoms with van der Waals surface area (Å²) in [5.74, 6) is 0. The van der Waals surface area contributed by atoms with Crippen LogP contribution in [0.25, 0.3) is 0 Å². The molecule has 0 spiro atoms. The van der Waals surface area contributed by atoms with Gasteiger partial charge in [0.2, 0.25) is 0 Å². The Balaban J connectivity index is 0. The molecular weight excluding hydrogens is 673 g/mol. The van der Waals surface area contributed by atoms with Gasteiger partial charge in [-0.1, -0.05) is 0 Å². The molecule has 9 heavy (non-hydrogen) atoms. The molecule has 0 aliphatic rings. The predicted molar refractivity (Wildman–Crippen MR) is 51.8 cm³/mol. The van der Waals surface area contributed by atoms with Gasteiger partial charge in [0.15, 0.2) is 0 Å². The molecule has 0 atom stereocenters. The van der Waals surface area contributed by atoms with Crippen LogP contribution in [-0.4, -0.2) is 183 Å². The molecule has 0 aromatic heterocycles. The van der Waals surface area contributed by atoms with Gasteiger partial charge in [0.25, 0.3) is 0 Å². The van der Waals surface area contributed by atoms with Crippen LogP contribution in [0.15, 0.2) is 0 Å². The third-order valence-electron chi connectivity index (χ3n) is 0. The van der Waals surface area contributed by atoms with Crippen molar-refractivity contribution in [2.75, 3.05) is 0 Å². The van der Waals surface area contributed by atoms with Crippen LogP contribution in [0.3, 0.4) is 0 Å². The average Bonchev–Trinajstić information content (AvgIpc) is 0. The summed E-state index contributed by atoms with van der Waals surface area (Å²) in [6.07, 6.45) is 0. The molecule has 0 N–H and O–H groups in total. The van der Waals surface area contributed by atoms with Crippen molar-refractivity contribution in [3.8, 4) is 0 Å². The van der Waals surface area contributed by atoms with E-state index in [4.69, 9.17) is 0 Å². The van der Waals surface area contributed by atoms with E-state index >= 15 is 0 Å². The van der Waals surface area contributed by atoms with E-state index in [0.717, 1.165) is 0 Å². The zero-order valence-electron chi connectivity index (χ0n) is 4.61. The summed E-state index contributed by atoms with van der Waals surface area (Å²) < 4.78 is 0. The van der Waals surface area contributed by atoms with Crippen LogP contribution < -0.4 is 0 Å². The molecule has 0 saturated heterocycles. The van der Waals surface area contributed by atoms with Gasteiger partial charge >= 0.3 is 97.8 Å². The molecule has 0 amide bonds. The van der Waals surface area contributed by atoms with Gasteiger partial charge in [0.05, 0.1) is 0 Å². The maximum absolute atomic E-state index is 0. The van der Waals surface area contributed by atoms with E-state index in [1.165, 1.54) is 0 Å². The second kappa shape index (κ2) is 66.7. The monoisotopic (exact) mass is 677 g/mol. The largest absolute Gasteiger partial charge is 3.00 e. The van der Waals surface area contributed by atoms with E-state index in [9.17, 15) is 0 Å². The summed E-state index contributed by atoms with van der Waals surface area (Å²) in [4.78, 5) is 0. The first-order chi connectivity index (χ1) is 0. The topological polar surface area (TPSA) is 0 Å². The van der Waals surface area contributed by atoms with Gasteiger partial charge in [0.1, 0.15) is 0 Å². The van der Waals surface area contributed by atoms with Crippen molar-refractivity contribution in [2.45, 2.75) is 0 Å². The molecule has 0 saturated carbocycles. The minimum atomic E-state index is 0. The van der Waals surface area contributed by atoms with Crippen LogP contribution in [0.4, 0.5) is 0 Å². The molecule has 0 fully saturated rings. The Morgan fingerprint density at radius 2 is 0.333 bits per heavy atom. The van der Waals surface area contributed by atoms with Gasteiger partial charge < -0.3 is 85.3 Å². The first kappa shape index (κ1) is 83.0. The maximum atomic E-state index is 0. The summed E-state index contributed by atoms with van der Waals surface area (Å²) >= 11 is 0. The van der Waals surface area contributed by atoms with Crippen molar-refractivity contribution < 1.29 is 0 Å². The zero-order chi connectivity index (χ0) is 0. The molecule has 0 radical (unpaired) electrons. The van der Waals surface area contributed by atoms with Gasteiger partial charge in [-0.3, -0.25) is 0 Å². The molecule has 0 heterocycles.